The molecule has 4 rings (SSSR count). The minimum Gasteiger partial charge on any atom is -0.496 e. The highest BCUT2D eigenvalue weighted by Crippen LogP contribution is 2.37. The molecule has 10 nitrogen and oxygen atoms in total. The number of ether oxygens (including phenoxy) is 3. The SMILES string of the molecule is CCOc1ccc(CC)cc1SNc1noc2cc(Cn3cc(CNC(=O)OC(C)(C)C)cn3)cc(OC)c12. The zero-order chi connectivity index (χ0) is 28.0. The van der Waals surface area contributed by atoms with Crippen LogP contribution in [0.4, 0.5) is 10.6 Å². The Labute approximate surface area is 232 Å². The van der Waals surface area contributed by atoms with Gasteiger partial charge in [-0.25, -0.2) is 4.79 Å². The number of nitrogens with zero attached hydrogens (tertiary/aromatic N) is 3. The zero-order valence-corrected chi connectivity index (χ0v) is 24.0. The lowest BCUT2D eigenvalue weighted by atomic mass is 10.1. The Bertz CT molecular complexity index is 1430. The van der Waals surface area contributed by atoms with Crippen LogP contribution in [-0.4, -0.2) is 40.3 Å². The van der Waals surface area contributed by atoms with Crippen molar-refractivity contribution in [1.29, 1.82) is 0 Å². The number of methoxy groups -OCH3 is 1. The third-order valence-electron chi connectivity index (χ3n) is 5.66. The zero-order valence-electron chi connectivity index (χ0n) is 23.2. The van der Waals surface area contributed by atoms with Gasteiger partial charge in [-0.15, -0.1) is 0 Å². The van der Waals surface area contributed by atoms with Gasteiger partial charge in [-0.3, -0.25) is 4.68 Å². The molecule has 2 heterocycles. The fourth-order valence-corrected chi connectivity index (χ4v) is 4.69. The maximum Gasteiger partial charge on any atom is 0.407 e. The second-order valence-electron chi connectivity index (χ2n) is 9.88. The van der Waals surface area contributed by atoms with Crippen LogP contribution >= 0.6 is 11.9 Å². The minimum absolute atomic E-state index is 0.318. The highest BCUT2D eigenvalue weighted by atomic mass is 32.2. The molecule has 0 fully saturated rings. The molecule has 11 heteroatoms. The van der Waals surface area contributed by atoms with E-state index < -0.39 is 11.7 Å². The van der Waals surface area contributed by atoms with E-state index in [0.717, 1.165) is 33.6 Å². The molecule has 0 bridgehead atoms. The number of hydrogen-bond donors (Lipinski definition) is 2. The third kappa shape index (κ3) is 7.38. The molecule has 39 heavy (non-hydrogen) atoms. The monoisotopic (exact) mass is 553 g/mol. The van der Waals surface area contributed by atoms with Gasteiger partial charge in [0, 0.05) is 18.3 Å². The van der Waals surface area contributed by atoms with Gasteiger partial charge in [0.1, 0.15) is 22.5 Å². The van der Waals surface area contributed by atoms with Crippen molar-refractivity contribution in [2.45, 2.75) is 64.6 Å². The van der Waals surface area contributed by atoms with Crippen LogP contribution < -0.4 is 19.5 Å². The predicted molar refractivity (Wildman–Crippen MR) is 151 cm³/mol. The summed E-state index contributed by atoms with van der Waals surface area (Å²) < 4.78 is 27.5. The van der Waals surface area contributed by atoms with E-state index in [2.05, 4.69) is 39.4 Å². The highest BCUT2D eigenvalue weighted by molar-refractivity contribution is 8.00. The average molecular weight is 554 g/mol. The summed E-state index contributed by atoms with van der Waals surface area (Å²) in [7, 11) is 1.62. The number of fused-ring (bicyclic) bond motifs is 1. The Morgan fingerprint density at radius 3 is 2.64 bits per heavy atom. The molecular weight excluding hydrogens is 518 g/mol. The second kappa shape index (κ2) is 12.3. The molecule has 2 aromatic carbocycles. The molecule has 2 aromatic heterocycles. The van der Waals surface area contributed by atoms with Gasteiger partial charge in [0.05, 0.1) is 31.4 Å². The van der Waals surface area contributed by atoms with Crippen LogP contribution in [-0.2, 0) is 24.2 Å². The maximum absolute atomic E-state index is 11.9. The van der Waals surface area contributed by atoms with Gasteiger partial charge in [-0.05, 0) is 81.5 Å². The summed E-state index contributed by atoms with van der Waals surface area (Å²) in [5.41, 5.74) is 3.05. The van der Waals surface area contributed by atoms with Crippen LogP contribution in [0, 0.1) is 0 Å². The van der Waals surface area contributed by atoms with Crippen LogP contribution in [0.3, 0.4) is 0 Å². The Balaban J connectivity index is 1.46. The predicted octanol–water partition coefficient (Wildman–Crippen LogP) is 6.19. The maximum atomic E-state index is 11.9. The number of nitrogens with one attached hydrogen (secondary N) is 2. The lowest BCUT2D eigenvalue weighted by Gasteiger charge is -2.19. The largest absolute Gasteiger partial charge is 0.496 e. The Hall–Kier alpha value is -3.86. The molecule has 0 saturated carbocycles. The van der Waals surface area contributed by atoms with Gasteiger partial charge >= 0.3 is 6.09 Å². The van der Waals surface area contributed by atoms with E-state index in [1.54, 1.807) is 18.0 Å². The number of carbonyl (C=O) groups is 1. The van der Waals surface area contributed by atoms with E-state index in [-0.39, 0.29) is 0 Å². The first-order chi connectivity index (χ1) is 18.7. The van der Waals surface area contributed by atoms with Gasteiger partial charge in [-0.1, -0.05) is 18.1 Å². The number of amides is 1. The molecule has 1 amide bonds. The summed E-state index contributed by atoms with van der Waals surface area (Å²) in [6, 6.07) is 10.0. The van der Waals surface area contributed by atoms with Gasteiger partial charge in [0.2, 0.25) is 0 Å². The van der Waals surface area contributed by atoms with E-state index in [1.165, 1.54) is 17.5 Å². The van der Waals surface area contributed by atoms with Crippen LogP contribution in [0.5, 0.6) is 11.5 Å². The molecule has 0 saturated heterocycles. The standard InChI is InChI=1S/C28H35N5O5S/c1-7-18-9-10-21(36-8-2)24(13-18)39-32-26-25-22(35-6)11-19(12-23(25)38-31-26)16-33-17-20(15-30-33)14-29-27(34)37-28(3,4)5/h9-13,15,17H,7-8,14,16H2,1-6H3,(H,29,34)(H,31,32). The fourth-order valence-electron chi connectivity index (χ4n) is 3.90. The quantitative estimate of drug-likeness (QED) is 0.210. The number of carbonyl (C=O) groups excluding carboxylic acids is 1. The van der Waals surface area contributed by atoms with Gasteiger partial charge in [0.15, 0.2) is 11.4 Å². The van der Waals surface area contributed by atoms with E-state index in [9.17, 15) is 4.79 Å². The van der Waals surface area contributed by atoms with Crippen molar-refractivity contribution in [1.82, 2.24) is 20.3 Å². The molecule has 2 N–H and O–H groups in total. The number of rotatable bonds is 11. The Kier molecular flexibility index (Phi) is 8.90. The smallest absolute Gasteiger partial charge is 0.407 e. The molecule has 4 aromatic rings. The summed E-state index contributed by atoms with van der Waals surface area (Å²) >= 11 is 1.42. The van der Waals surface area contributed by atoms with Gasteiger partial charge in [-0.2, -0.15) is 5.10 Å². The van der Waals surface area contributed by atoms with Crippen LogP contribution in [0.1, 0.15) is 51.3 Å². The van der Waals surface area contributed by atoms with Crippen molar-refractivity contribution in [3.63, 3.8) is 0 Å². The van der Waals surface area contributed by atoms with Crippen LogP contribution in [0.15, 0.2) is 52.1 Å². The highest BCUT2D eigenvalue weighted by Gasteiger charge is 2.18. The summed E-state index contributed by atoms with van der Waals surface area (Å²) in [6.45, 7) is 10.9. The average Bonchev–Trinajstić information content (AvgIpc) is 3.52. The number of hydrogen-bond acceptors (Lipinski definition) is 9. The number of benzene rings is 2. The first kappa shape index (κ1) is 28.2. The summed E-state index contributed by atoms with van der Waals surface area (Å²) in [6.07, 6.45) is 4.05. The molecule has 0 spiro atoms. The van der Waals surface area contributed by atoms with Crippen LogP contribution in [0.25, 0.3) is 11.0 Å². The van der Waals surface area contributed by atoms with Gasteiger partial charge < -0.3 is 28.8 Å². The lowest BCUT2D eigenvalue weighted by Crippen LogP contribution is -2.32. The first-order valence-electron chi connectivity index (χ1n) is 12.8. The van der Waals surface area contributed by atoms with Crippen LogP contribution in [0.2, 0.25) is 0 Å². The third-order valence-corrected chi connectivity index (χ3v) is 6.49. The van der Waals surface area contributed by atoms with E-state index in [4.69, 9.17) is 18.7 Å². The Morgan fingerprint density at radius 2 is 1.92 bits per heavy atom. The van der Waals surface area contributed by atoms with Crippen molar-refractivity contribution in [3.05, 3.63) is 59.4 Å². The number of anilines is 1. The molecule has 208 valence electrons. The lowest BCUT2D eigenvalue weighted by molar-refractivity contribution is 0.0523. The number of aromatic nitrogens is 3. The van der Waals surface area contributed by atoms with E-state index >= 15 is 0 Å². The van der Waals surface area contributed by atoms with Crippen molar-refractivity contribution in [3.8, 4) is 11.5 Å². The molecule has 0 aliphatic rings. The van der Waals surface area contributed by atoms with Crippen molar-refractivity contribution < 1.29 is 23.5 Å². The summed E-state index contributed by atoms with van der Waals surface area (Å²) in [5.74, 6) is 2.02. The molecule has 0 aliphatic heterocycles. The van der Waals surface area contributed by atoms with E-state index in [1.807, 2.05) is 52.1 Å². The summed E-state index contributed by atoms with van der Waals surface area (Å²) in [5, 5.41) is 12.2. The fraction of sp³-hybridized carbons (Fsp3) is 0.393. The topological polar surface area (TPSA) is 113 Å². The number of alkyl carbamates (subject to hydrolysis) is 1. The second-order valence-corrected chi connectivity index (χ2v) is 10.7. The normalized spacial score (nSPS) is 11.4. The molecular formula is C28H35N5O5S. The molecule has 0 unspecified atom stereocenters. The van der Waals surface area contributed by atoms with Gasteiger partial charge in [0.25, 0.3) is 0 Å². The van der Waals surface area contributed by atoms with Crippen molar-refractivity contribution >= 4 is 34.8 Å². The van der Waals surface area contributed by atoms with E-state index in [0.29, 0.717) is 36.8 Å². The first-order valence-corrected chi connectivity index (χ1v) is 13.6. The minimum atomic E-state index is -0.548. The Morgan fingerprint density at radius 1 is 1.10 bits per heavy atom. The summed E-state index contributed by atoms with van der Waals surface area (Å²) in [4.78, 5) is 12.9. The van der Waals surface area contributed by atoms with Crippen molar-refractivity contribution in [2.75, 3.05) is 18.4 Å². The molecule has 0 radical (unpaired) electrons. The molecule has 0 aliphatic carbocycles. The molecule has 0 atom stereocenters. The number of aryl methyl sites for hydroxylation is 1. The van der Waals surface area contributed by atoms with Crippen molar-refractivity contribution in [2.24, 2.45) is 0 Å².